The number of nitrogens with zero attached hydrogens (tertiary/aromatic N) is 4. The van der Waals surface area contributed by atoms with E-state index in [1.807, 2.05) is 0 Å². The molecule has 2 heterocycles. The Morgan fingerprint density at radius 2 is 2.05 bits per heavy atom. The van der Waals surface area contributed by atoms with Crippen molar-refractivity contribution in [2.45, 2.75) is 31.6 Å². The molecule has 0 amide bonds. The zero-order valence-electron chi connectivity index (χ0n) is 11.3. The molecule has 3 aromatic rings. The van der Waals surface area contributed by atoms with Crippen molar-refractivity contribution in [3.05, 3.63) is 29.8 Å². The number of nitrogen functional groups attached to an aromatic ring is 1. The minimum Gasteiger partial charge on any atom is -0.396 e. The molecule has 0 atom stereocenters. The van der Waals surface area contributed by atoms with Crippen LogP contribution in [0.4, 0.5) is 10.1 Å². The van der Waals surface area contributed by atoms with Crippen LogP contribution in [0.15, 0.2) is 18.2 Å². The largest absolute Gasteiger partial charge is 0.396 e. The first kappa shape index (κ1) is 12.7. The molecule has 1 aliphatic rings. The van der Waals surface area contributed by atoms with Gasteiger partial charge >= 0.3 is 0 Å². The summed E-state index contributed by atoms with van der Waals surface area (Å²) in [4.78, 5) is 0.732. The van der Waals surface area contributed by atoms with E-state index in [2.05, 4.69) is 15.3 Å². The van der Waals surface area contributed by atoms with Crippen molar-refractivity contribution in [1.82, 2.24) is 19.8 Å². The van der Waals surface area contributed by atoms with Crippen LogP contribution in [0.3, 0.4) is 0 Å². The SMILES string of the molecule is Nc1c(F)cccc1-c1nn2c(C3CCCC3)nnc2s1. The highest BCUT2D eigenvalue weighted by molar-refractivity contribution is 7.19. The third kappa shape index (κ3) is 1.99. The number of fused-ring (bicyclic) bond motifs is 1. The first-order valence-corrected chi connectivity index (χ1v) is 7.82. The number of para-hydroxylation sites is 1. The van der Waals surface area contributed by atoms with Gasteiger partial charge in [-0.05, 0) is 25.0 Å². The van der Waals surface area contributed by atoms with Crippen molar-refractivity contribution < 1.29 is 4.39 Å². The lowest BCUT2D eigenvalue weighted by Gasteiger charge is -2.04. The van der Waals surface area contributed by atoms with Crippen molar-refractivity contribution >= 4 is 22.0 Å². The van der Waals surface area contributed by atoms with Crippen LogP contribution in [0.5, 0.6) is 0 Å². The zero-order valence-corrected chi connectivity index (χ0v) is 12.1. The van der Waals surface area contributed by atoms with E-state index in [1.54, 1.807) is 16.6 Å². The zero-order chi connectivity index (χ0) is 14.4. The molecular formula is C14H14FN5S. The second-order valence-corrected chi connectivity index (χ2v) is 6.30. The highest BCUT2D eigenvalue weighted by Crippen LogP contribution is 2.36. The smallest absolute Gasteiger partial charge is 0.234 e. The molecule has 108 valence electrons. The summed E-state index contributed by atoms with van der Waals surface area (Å²) >= 11 is 1.38. The molecule has 1 aliphatic carbocycles. The van der Waals surface area contributed by atoms with E-state index in [1.165, 1.54) is 30.2 Å². The van der Waals surface area contributed by atoms with E-state index < -0.39 is 5.82 Å². The maximum absolute atomic E-state index is 13.6. The van der Waals surface area contributed by atoms with Gasteiger partial charge < -0.3 is 5.73 Å². The van der Waals surface area contributed by atoms with E-state index in [0.29, 0.717) is 16.5 Å². The fourth-order valence-electron chi connectivity index (χ4n) is 2.90. The lowest BCUT2D eigenvalue weighted by atomic mass is 10.1. The molecule has 1 saturated carbocycles. The molecule has 0 saturated heterocycles. The van der Waals surface area contributed by atoms with Gasteiger partial charge in [0, 0.05) is 11.5 Å². The van der Waals surface area contributed by atoms with Crippen LogP contribution in [-0.4, -0.2) is 19.8 Å². The van der Waals surface area contributed by atoms with E-state index in [4.69, 9.17) is 5.73 Å². The van der Waals surface area contributed by atoms with Crippen molar-refractivity contribution in [2.24, 2.45) is 0 Å². The average Bonchev–Trinajstić information content (AvgIpc) is 3.16. The number of nitrogens with two attached hydrogens (primary N) is 1. The third-order valence-electron chi connectivity index (χ3n) is 4.02. The minimum atomic E-state index is -0.422. The normalized spacial score (nSPS) is 16.0. The quantitative estimate of drug-likeness (QED) is 0.738. The lowest BCUT2D eigenvalue weighted by molar-refractivity contribution is 0.632. The molecule has 4 rings (SSSR count). The van der Waals surface area contributed by atoms with Gasteiger partial charge in [-0.1, -0.05) is 30.2 Å². The first-order chi connectivity index (χ1) is 10.2. The standard InChI is InChI=1S/C14H14FN5S/c15-10-7-3-6-9(11(10)16)13-19-20-12(8-4-1-2-5-8)17-18-14(20)21-13/h3,6-8H,1-2,4-5,16H2. The Balaban J connectivity index is 1.82. The summed E-state index contributed by atoms with van der Waals surface area (Å²) in [5.41, 5.74) is 6.56. The van der Waals surface area contributed by atoms with Crippen molar-refractivity contribution in [2.75, 3.05) is 5.73 Å². The summed E-state index contributed by atoms with van der Waals surface area (Å²) in [7, 11) is 0. The molecule has 5 nitrogen and oxygen atoms in total. The number of hydrogen-bond acceptors (Lipinski definition) is 5. The van der Waals surface area contributed by atoms with Gasteiger partial charge in [-0.3, -0.25) is 0 Å². The van der Waals surface area contributed by atoms with Gasteiger partial charge in [0.05, 0.1) is 5.69 Å². The number of rotatable bonds is 2. The monoisotopic (exact) mass is 303 g/mol. The lowest BCUT2D eigenvalue weighted by Crippen LogP contribution is -2.01. The summed E-state index contributed by atoms with van der Waals surface area (Å²) < 4.78 is 15.4. The van der Waals surface area contributed by atoms with Gasteiger partial charge in [0.2, 0.25) is 4.96 Å². The molecule has 2 aromatic heterocycles. The molecule has 0 radical (unpaired) electrons. The van der Waals surface area contributed by atoms with Crippen LogP contribution in [0.25, 0.3) is 15.5 Å². The first-order valence-electron chi connectivity index (χ1n) is 7.00. The Labute approximate surface area is 124 Å². The Bertz CT molecular complexity index is 803. The van der Waals surface area contributed by atoms with Gasteiger partial charge in [0.15, 0.2) is 5.82 Å². The van der Waals surface area contributed by atoms with Gasteiger partial charge in [-0.2, -0.15) is 9.61 Å². The molecule has 2 N–H and O–H groups in total. The summed E-state index contributed by atoms with van der Waals surface area (Å²) in [6.07, 6.45) is 4.73. The van der Waals surface area contributed by atoms with Crippen LogP contribution in [0, 0.1) is 5.82 Å². The fraction of sp³-hybridized carbons (Fsp3) is 0.357. The second kappa shape index (κ2) is 4.77. The van der Waals surface area contributed by atoms with Gasteiger partial charge in [0.25, 0.3) is 0 Å². The van der Waals surface area contributed by atoms with Gasteiger partial charge in [-0.15, -0.1) is 10.2 Å². The van der Waals surface area contributed by atoms with Crippen LogP contribution < -0.4 is 5.73 Å². The molecule has 7 heteroatoms. The topological polar surface area (TPSA) is 69.1 Å². The number of aromatic nitrogens is 4. The van der Waals surface area contributed by atoms with Gasteiger partial charge in [0.1, 0.15) is 10.8 Å². The van der Waals surface area contributed by atoms with Crippen molar-refractivity contribution in [3.63, 3.8) is 0 Å². The number of anilines is 1. The van der Waals surface area contributed by atoms with E-state index in [9.17, 15) is 4.39 Å². The highest BCUT2D eigenvalue weighted by Gasteiger charge is 2.24. The van der Waals surface area contributed by atoms with E-state index in [0.717, 1.165) is 23.6 Å². The number of halogens is 1. The summed E-state index contributed by atoms with van der Waals surface area (Å²) in [6.45, 7) is 0. The minimum absolute atomic E-state index is 0.130. The summed E-state index contributed by atoms with van der Waals surface area (Å²) in [5, 5.41) is 13.7. The maximum atomic E-state index is 13.6. The Hall–Kier alpha value is -2.02. The highest BCUT2D eigenvalue weighted by atomic mass is 32.1. The van der Waals surface area contributed by atoms with Crippen LogP contribution in [0.1, 0.15) is 37.4 Å². The molecule has 0 aliphatic heterocycles. The molecule has 0 bridgehead atoms. The fourth-order valence-corrected chi connectivity index (χ4v) is 3.79. The Morgan fingerprint density at radius 3 is 2.86 bits per heavy atom. The van der Waals surface area contributed by atoms with E-state index in [-0.39, 0.29) is 5.69 Å². The summed E-state index contributed by atoms with van der Waals surface area (Å²) in [6, 6.07) is 4.77. The predicted octanol–water partition coefficient (Wildman–Crippen LogP) is 3.23. The number of hydrogen-bond donors (Lipinski definition) is 1. The summed E-state index contributed by atoms with van der Waals surface area (Å²) in [5.74, 6) is 0.925. The molecule has 1 fully saturated rings. The van der Waals surface area contributed by atoms with Gasteiger partial charge in [-0.25, -0.2) is 4.39 Å². The molecule has 1 aromatic carbocycles. The van der Waals surface area contributed by atoms with E-state index >= 15 is 0 Å². The molecule has 21 heavy (non-hydrogen) atoms. The van der Waals surface area contributed by atoms with Crippen molar-refractivity contribution in [3.8, 4) is 10.6 Å². The van der Waals surface area contributed by atoms with Crippen LogP contribution in [0.2, 0.25) is 0 Å². The molecule has 0 spiro atoms. The maximum Gasteiger partial charge on any atom is 0.234 e. The Kier molecular flexibility index (Phi) is 2.88. The van der Waals surface area contributed by atoms with Crippen molar-refractivity contribution in [1.29, 1.82) is 0 Å². The third-order valence-corrected chi connectivity index (χ3v) is 4.95. The van der Waals surface area contributed by atoms with Crippen LogP contribution >= 0.6 is 11.3 Å². The van der Waals surface area contributed by atoms with Crippen LogP contribution in [-0.2, 0) is 0 Å². The Morgan fingerprint density at radius 1 is 1.24 bits per heavy atom. The molecular weight excluding hydrogens is 289 g/mol. The number of benzene rings is 1. The second-order valence-electron chi connectivity index (χ2n) is 5.34. The predicted molar refractivity (Wildman–Crippen MR) is 79.7 cm³/mol. The molecule has 0 unspecified atom stereocenters. The average molecular weight is 303 g/mol.